The van der Waals surface area contributed by atoms with Gasteiger partial charge >= 0.3 is 0 Å². The molecule has 0 aliphatic carbocycles. The van der Waals surface area contributed by atoms with Crippen LogP contribution in [0.2, 0.25) is 0 Å². The molecular formula is C25H34. The number of aryl methyl sites for hydroxylation is 2. The average molecular weight is 335 g/mol. The van der Waals surface area contributed by atoms with Crippen LogP contribution in [0.25, 0.3) is 11.1 Å². The van der Waals surface area contributed by atoms with E-state index in [1.54, 1.807) is 0 Å². The minimum atomic E-state index is 1.09. The van der Waals surface area contributed by atoms with Gasteiger partial charge < -0.3 is 0 Å². The molecule has 0 unspecified atom stereocenters. The Hall–Kier alpha value is -2.34. The van der Waals surface area contributed by atoms with Gasteiger partial charge in [0.05, 0.1) is 0 Å². The summed E-state index contributed by atoms with van der Waals surface area (Å²) in [6, 6.07) is 29.4. The van der Waals surface area contributed by atoms with Crippen LogP contribution < -0.4 is 0 Å². The van der Waals surface area contributed by atoms with Crippen molar-refractivity contribution in [1.82, 2.24) is 0 Å². The van der Waals surface area contributed by atoms with Gasteiger partial charge in [0.15, 0.2) is 0 Å². The molecular weight excluding hydrogens is 300 g/mol. The lowest BCUT2D eigenvalue weighted by Gasteiger charge is -2.06. The Bertz CT molecular complexity index is 639. The number of hydrogen-bond acceptors (Lipinski definition) is 0. The van der Waals surface area contributed by atoms with Gasteiger partial charge in [-0.3, -0.25) is 0 Å². The molecule has 0 amide bonds. The highest BCUT2D eigenvalue weighted by Crippen LogP contribution is 2.23. The van der Waals surface area contributed by atoms with Gasteiger partial charge in [0.2, 0.25) is 0 Å². The molecule has 25 heavy (non-hydrogen) atoms. The molecule has 0 bridgehead atoms. The van der Waals surface area contributed by atoms with Gasteiger partial charge in [-0.25, -0.2) is 0 Å². The van der Waals surface area contributed by atoms with Gasteiger partial charge in [-0.15, -0.1) is 0 Å². The van der Waals surface area contributed by atoms with Crippen molar-refractivity contribution in [2.75, 3.05) is 0 Å². The van der Waals surface area contributed by atoms with Gasteiger partial charge in [0.25, 0.3) is 0 Å². The third kappa shape index (κ3) is 8.91. The van der Waals surface area contributed by atoms with Crippen molar-refractivity contribution in [2.45, 2.75) is 48.0 Å². The molecule has 0 spiro atoms. The Morgan fingerprint density at radius 3 is 1.44 bits per heavy atom. The predicted octanol–water partition coefficient (Wildman–Crippen LogP) is 7.96. The smallest absolute Gasteiger partial charge is 0.0152 e. The fourth-order valence-corrected chi connectivity index (χ4v) is 2.26. The molecule has 3 rings (SSSR count). The van der Waals surface area contributed by atoms with Gasteiger partial charge in [-0.05, 0) is 30.0 Å². The maximum Gasteiger partial charge on any atom is -0.0152 e. The van der Waals surface area contributed by atoms with E-state index in [1.165, 1.54) is 22.3 Å². The summed E-state index contributed by atoms with van der Waals surface area (Å²) in [6.45, 7) is 12.3. The molecule has 0 heteroatoms. The van der Waals surface area contributed by atoms with E-state index in [0.717, 1.165) is 6.42 Å². The Balaban J connectivity index is 0.000000441. The molecule has 134 valence electrons. The number of hydrogen-bond donors (Lipinski definition) is 0. The van der Waals surface area contributed by atoms with Gasteiger partial charge in [-0.1, -0.05) is 125 Å². The zero-order valence-electron chi connectivity index (χ0n) is 16.8. The van der Waals surface area contributed by atoms with E-state index < -0.39 is 0 Å². The second-order valence-electron chi connectivity index (χ2n) is 5.03. The summed E-state index contributed by atoms with van der Waals surface area (Å²) in [5, 5.41) is 0. The van der Waals surface area contributed by atoms with Gasteiger partial charge in [-0.2, -0.15) is 0 Å². The van der Waals surface area contributed by atoms with Crippen molar-refractivity contribution in [3.8, 4) is 11.1 Å². The summed E-state index contributed by atoms with van der Waals surface area (Å²) in [6.07, 6.45) is 1.09. The van der Waals surface area contributed by atoms with E-state index in [-0.39, 0.29) is 0 Å². The van der Waals surface area contributed by atoms with Crippen molar-refractivity contribution in [3.63, 3.8) is 0 Å². The first-order chi connectivity index (χ1) is 12.3. The van der Waals surface area contributed by atoms with Crippen LogP contribution in [0.1, 0.15) is 45.7 Å². The fraction of sp³-hybridized carbons (Fsp3) is 0.280. The van der Waals surface area contributed by atoms with Crippen molar-refractivity contribution in [2.24, 2.45) is 0 Å². The molecule has 0 atom stereocenters. The first kappa shape index (κ1) is 22.7. The average Bonchev–Trinajstić information content (AvgIpc) is 2.73. The minimum Gasteiger partial charge on any atom is -0.0683 e. The predicted molar refractivity (Wildman–Crippen MR) is 115 cm³/mol. The van der Waals surface area contributed by atoms with E-state index in [9.17, 15) is 0 Å². The first-order valence-electron chi connectivity index (χ1n) is 9.46. The minimum absolute atomic E-state index is 1.09. The zero-order chi connectivity index (χ0) is 18.9. The van der Waals surface area contributed by atoms with Crippen molar-refractivity contribution in [3.05, 3.63) is 96.1 Å². The first-order valence-corrected chi connectivity index (χ1v) is 9.46. The summed E-state index contributed by atoms with van der Waals surface area (Å²) in [5.41, 5.74) is 5.40. The molecule has 0 aliphatic heterocycles. The fourth-order valence-electron chi connectivity index (χ4n) is 2.26. The summed E-state index contributed by atoms with van der Waals surface area (Å²) in [4.78, 5) is 0. The maximum atomic E-state index is 2.20. The molecule has 3 aromatic carbocycles. The Kier molecular flexibility index (Phi) is 13.8. The van der Waals surface area contributed by atoms with E-state index in [0.29, 0.717) is 0 Å². The van der Waals surface area contributed by atoms with Crippen molar-refractivity contribution >= 4 is 0 Å². The molecule has 0 aliphatic rings. The van der Waals surface area contributed by atoms with Crippen molar-refractivity contribution in [1.29, 1.82) is 0 Å². The second-order valence-corrected chi connectivity index (χ2v) is 5.03. The Morgan fingerprint density at radius 2 is 1.00 bits per heavy atom. The van der Waals surface area contributed by atoms with Crippen LogP contribution in [0.15, 0.2) is 84.9 Å². The highest BCUT2D eigenvalue weighted by atomic mass is 14.0. The third-order valence-electron chi connectivity index (χ3n) is 3.42. The van der Waals surface area contributed by atoms with Crippen LogP contribution in [0.4, 0.5) is 0 Å². The SMILES string of the molecule is CC.CC.CCc1ccccc1-c1ccccc1.Cc1ccccc1. The quantitative estimate of drug-likeness (QED) is 0.446. The van der Waals surface area contributed by atoms with Crippen LogP contribution >= 0.6 is 0 Å². The van der Waals surface area contributed by atoms with E-state index in [1.807, 2.05) is 45.9 Å². The standard InChI is InChI=1S/C14H14.C7H8.2C2H6/c1-2-12-8-6-7-11-14(12)13-9-4-3-5-10-13;1-7-5-3-2-4-6-7;2*1-2/h3-11H,2H2,1H3;2-6H,1H3;2*1-2H3. The molecule has 0 nitrogen and oxygen atoms in total. The lowest BCUT2D eigenvalue weighted by atomic mass is 9.98. The van der Waals surface area contributed by atoms with Crippen LogP contribution in [-0.4, -0.2) is 0 Å². The molecule has 0 aromatic heterocycles. The van der Waals surface area contributed by atoms with E-state index in [2.05, 4.69) is 80.6 Å². The molecule has 0 heterocycles. The largest absolute Gasteiger partial charge is 0.0683 e. The topological polar surface area (TPSA) is 0 Å². The highest BCUT2D eigenvalue weighted by molar-refractivity contribution is 5.67. The van der Waals surface area contributed by atoms with Crippen molar-refractivity contribution < 1.29 is 0 Å². The van der Waals surface area contributed by atoms with Crippen LogP contribution in [0.3, 0.4) is 0 Å². The normalized spacial score (nSPS) is 8.56. The Morgan fingerprint density at radius 1 is 0.560 bits per heavy atom. The number of rotatable bonds is 2. The monoisotopic (exact) mass is 334 g/mol. The molecule has 0 fully saturated rings. The number of benzene rings is 3. The van der Waals surface area contributed by atoms with Crippen LogP contribution in [0.5, 0.6) is 0 Å². The molecule has 0 radical (unpaired) electrons. The Labute approximate surface area is 155 Å². The summed E-state index contributed by atoms with van der Waals surface area (Å²) in [7, 11) is 0. The second kappa shape index (κ2) is 15.2. The van der Waals surface area contributed by atoms with Crippen LogP contribution in [0, 0.1) is 6.92 Å². The molecule has 3 aromatic rings. The van der Waals surface area contributed by atoms with Gasteiger partial charge in [0.1, 0.15) is 0 Å². The molecule has 0 saturated heterocycles. The zero-order valence-corrected chi connectivity index (χ0v) is 16.8. The van der Waals surface area contributed by atoms with E-state index in [4.69, 9.17) is 0 Å². The summed E-state index contributed by atoms with van der Waals surface area (Å²) >= 11 is 0. The van der Waals surface area contributed by atoms with Crippen LogP contribution in [-0.2, 0) is 6.42 Å². The van der Waals surface area contributed by atoms with Gasteiger partial charge in [0, 0.05) is 0 Å². The highest BCUT2D eigenvalue weighted by Gasteiger charge is 2.00. The van der Waals surface area contributed by atoms with E-state index >= 15 is 0 Å². The summed E-state index contributed by atoms with van der Waals surface area (Å²) in [5.74, 6) is 0. The third-order valence-corrected chi connectivity index (χ3v) is 3.42. The lowest BCUT2D eigenvalue weighted by molar-refractivity contribution is 1.14. The maximum absolute atomic E-state index is 2.20. The molecule has 0 N–H and O–H groups in total. The summed E-state index contributed by atoms with van der Waals surface area (Å²) < 4.78 is 0. The lowest BCUT2D eigenvalue weighted by Crippen LogP contribution is -1.85. The molecule has 0 saturated carbocycles.